The minimum Gasteiger partial charge on any atom is -0.433 e. The third kappa shape index (κ3) is 4.29. The van der Waals surface area contributed by atoms with Gasteiger partial charge in [0.2, 0.25) is 0 Å². The summed E-state index contributed by atoms with van der Waals surface area (Å²) >= 11 is 5.88. The van der Waals surface area contributed by atoms with Crippen LogP contribution in [0.25, 0.3) is 0 Å². The maximum Gasteiger partial charge on any atom is 0.387 e. The molecule has 1 N–H and O–H groups in total. The zero-order valence-corrected chi connectivity index (χ0v) is 11.9. The molecule has 0 spiro atoms. The standard InChI is InChI=1S/C15H13ClF3NO/c1-9(10-2-4-11(17)5-3-10)20-12-6-7-14(13(16)8-12)21-15(18)19/h2-9,15,20H,1H3. The van der Waals surface area contributed by atoms with E-state index in [0.29, 0.717) is 5.69 Å². The van der Waals surface area contributed by atoms with Crippen molar-refractivity contribution in [3.05, 3.63) is 58.9 Å². The molecule has 6 heteroatoms. The molecule has 0 saturated heterocycles. The van der Waals surface area contributed by atoms with Crippen LogP contribution in [0.5, 0.6) is 5.75 Å². The molecule has 1 atom stereocenters. The quantitative estimate of drug-likeness (QED) is 0.813. The van der Waals surface area contributed by atoms with Gasteiger partial charge in [-0.15, -0.1) is 0 Å². The van der Waals surface area contributed by atoms with Gasteiger partial charge in [0.1, 0.15) is 11.6 Å². The number of benzene rings is 2. The minimum absolute atomic E-state index is 0.0772. The highest BCUT2D eigenvalue weighted by atomic mass is 35.5. The molecule has 0 bridgehead atoms. The van der Waals surface area contributed by atoms with Crippen LogP contribution in [0.4, 0.5) is 18.9 Å². The smallest absolute Gasteiger partial charge is 0.387 e. The Labute approximate surface area is 125 Å². The first-order chi connectivity index (χ1) is 9.95. The van der Waals surface area contributed by atoms with Crippen molar-refractivity contribution in [1.82, 2.24) is 0 Å². The van der Waals surface area contributed by atoms with Crippen LogP contribution >= 0.6 is 11.6 Å². The Balaban J connectivity index is 2.09. The van der Waals surface area contributed by atoms with Gasteiger partial charge in [0.15, 0.2) is 0 Å². The fourth-order valence-electron chi connectivity index (χ4n) is 1.87. The molecule has 0 radical (unpaired) electrons. The van der Waals surface area contributed by atoms with E-state index in [1.165, 1.54) is 24.3 Å². The molecule has 0 aliphatic carbocycles. The summed E-state index contributed by atoms with van der Waals surface area (Å²) in [5.74, 6) is -0.380. The van der Waals surface area contributed by atoms with Crippen molar-refractivity contribution < 1.29 is 17.9 Å². The summed E-state index contributed by atoms with van der Waals surface area (Å²) in [5.41, 5.74) is 1.54. The summed E-state index contributed by atoms with van der Waals surface area (Å²) in [6.45, 7) is -1.02. The van der Waals surface area contributed by atoms with E-state index in [1.54, 1.807) is 18.2 Å². The van der Waals surface area contributed by atoms with Gasteiger partial charge in [-0.2, -0.15) is 8.78 Å². The first-order valence-electron chi connectivity index (χ1n) is 6.22. The molecular formula is C15H13ClF3NO. The molecule has 2 nitrogen and oxygen atoms in total. The fourth-order valence-corrected chi connectivity index (χ4v) is 2.09. The molecule has 1 unspecified atom stereocenters. The van der Waals surface area contributed by atoms with E-state index in [1.807, 2.05) is 6.92 Å². The Morgan fingerprint density at radius 3 is 2.33 bits per heavy atom. The van der Waals surface area contributed by atoms with Crippen LogP contribution in [-0.4, -0.2) is 6.61 Å². The van der Waals surface area contributed by atoms with Gasteiger partial charge in [-0.25, -0.2) is 4.39 Å². The maximum absolute atomic E-state index is 12.9. The topological polar surface area (TPSA) is 21.3 Å². The highest BCUT2D eigenvalue weighted by Crippen LogP contribution is 2.30. The van der Waals surface area contributed by atoms with Crippen LogP contribution in [0.15, 0.2) is 42.5 Å². The van der Waals surface area contributed by atoms with E-state index in [-0.39, 0.29) is 22.6 Å². The Hall–Kier alpha value is -1.88. The van der Waals surface area contributed by atoms with Crippen LogP contribution in [-0.2, 0) is 0 Å². The van der Waals surface area contributed by atoms with Gasteiger partial charge < -0.3 is 10.1 Å². The largest absolute Gasteiger partial charge is 0.433 e. The number of hydrogen-bond donors (Lipinski definition) is 1. The normalized spacial score (nSPS) is 12.3. The summed E-state index contributed by atoms with van der Waals surface area (Å²) in [6, 6.07) is 10.5. The van der Waals surface area contributed by atoms with Crippen LogP contribution < -0.4 is 10.1 Å². The molecule has 0 aromatic heterocycles. The van der Waals surface area contributed by atoms with Gasteiger partial charge >= 0.3 is 6.61 Å². The van der Waals surface area contributed by atoms with Gasteiger partial charge in [-0.1, -0.05) is 23.7 Å². The number of nitrogens with one attached hydrogen (secondary N) is 1. The summed E-state index contributed by atoms with van der Waals surface area (Å²) < 4.78 is 41.4. The second kappa shape index (κ2) is 6.72. The van der Waals surface area contributed by atoms with E-state index in [2.05, 4.69) is 10.1 Å². The second-order valence-corrected chi connectivity index (χ2v) is 4.85. The summed E-state index contributed by atoms with van der Waals surface area (Å²) in [6.07, 6.45) is 0. The summed E-state index contributed by atoms with van der Waals surface area (Å²) in [5, 5.41) is 3.24. The molecule has 0 fully saturated rings. The van der Waals surface area contributed by atoms with Gasteiger partial charge in [0.25, 0.3) is 0 Å². The average Bonchev–Trinajstić information content (AvgIpc) is 2.42. The second-order valence-electron chi connectivity index (χ2n) is 4.44. The highest BCUT2D eigenvalue weighted by molar-refractivity contribution is 6.32. The van der Waals surface area contributed by atoms with Gasteiger partial charge in [-0.05, 0) is 42.8 Å². The van der Waals surface area contributed by atoms with Crippen LogP contribution in [0.1, 0.15) is 18.5 Å². The average molecular weight is 316 g/mol. The number of anilines is 1. The third-order valence-electron chi connectivity index (χ3n) is 2.90. The van der Waals surface area contributed by atoms with E-state index in [4.69, 9.17) is 11.6 Å². The zero-order valence-electron chi connectivity index (χ0n) is 11.1. The lowest BCUT2D eigenvalue weighted by Crippen LogP contribution is -2.07. The van der Waals surface area contributed by atoms with Crippen molar-refractivity contribution in [3.8, 4) is 5.75 Å². The molecular weight excluding hydrogens is 303 g/mol. The molecule has 2 rings (SSSR count). The number of halogens is 4. The van der Waals surface area contributed by atoms with Crippen molar-refractivity contribution in [2.75, 3.05) is 5.32 Å². The molecule has 0 saturated carbocycles. The molecule has 21 heavy (non-hydrogen) atoms. The Morgan fingerprint density at radius 1 is 1.10 bits per heavy atom. The van der Waals surface area contributed by atoms with Crippen molar-refractivity contribution in [1.29, 1.82) is 0 Å². The SMILES string of the molecule is CC(Nc1ccc(OC(F)F)c(Cl)c1)c1ccc(F)cc1. The van der Waals surface area contributed by atoms with Gasteiger partial charge in [0.05, 0.1) is 5.02 Å². The van der Waals surface area contributed by atoms with Gasteiger partial charge in [0, 0.05) is 11.7 Å². The fraction of sp³-hybridized carbons (Fsp3) is 0.200. The maximum atomic E-state index is 12.9. The molecule has 0 aliphatic heterocycles. The van der Waals surface area contributed by atoms with Crippen molar-refractivity contribution in [3.63, 3.8) is 0 Å². The number of rotatable bonds is 5. The molecule has 0 heterocycles. The molecule has 112 valence electrons. The lowest BCUT2D eigenvalue weighted by Gasteiger charge is -2.16. The van der Waals surface area contributed by atoms with E-state index in [0.717, 1.165) is 5.56 Å². The predicted molar refractivity (Wildman–Crippen MR) is 76.5 cm³/mol. The van der Waals surface area contributed by atoms with E-state index >= 15 is 0 Å². The number of hydrogen-bond acceptors (Lipinski definition) is 2. The Kier molecular flexibility index (Phi) is 4.96. The molecule has 0 aliphatic rings. The van der Waals surface area contributed by atoms with E-state index < -0.39 is 6.61 Å². The van der Waals surface area contributed by atoms with Crippen molar-refractivity contribution >= 4 is 17.3 Å². The Bertz CT molecular complexity index is 604. The summed E-state index contributed by atoms with van der Waals surface area (Å²) in [7, 11) is 0. The van der Waals surface area contributed by atoms with E-state index in [9.17, 15) is 13.2 Å². The minimum atomic E-state index is -2.92. The van der Waals surface area contributed by atoms with Crippen LogP contribution in [0.2, 0.25) is 5.02 Å². The number of alkyl halides is 2. The number of ether oxygens (including phenoxy) is 1. The zero-order chi connectivity index (χ0) is 15.4. The highest BCUT2D eigenvalue weighted by Gasteiger charge is 2.11. The molecule has 2 aromatic rings. The molecule has 0 amide bonds. The van der Waals surface area contributed by atoms with Crippen LogP contribution in [0.3, 0.4) is 0 Å². The first-order valence-corrected chi connectivity index (χ1v) is 6.60. The lowest BCUT2D eigenvalue weighted by molar-refractivity contribution is -0.0497. The third-order valence-corrected chi connectivity index (χ3v) is 3.20. The Morgan fingerprint density at radius 2 is 1.76 bits per heavy atom. The van der Waals surface area contributed by atoms with Crippen molar-refractivity contribution in [2.45, 2.75) is 19.6 Å². The lowest BCUT2D eigenvalue weighted by atomic mass is 10.1. The molecule has 2 aromatic carbocycles. The summed E-state index contributed by atoms with van der Waals surface area (Å²) in [4.78, 5) is 0. The monoisotopic (exact) mass is 315 g/mol. The van der Waals surface area contributed by atoms with Crippen LogP contribution in [0, 0.1) is 5.82 Å². The van der Waals surface area contributed by atoms with Crippen molar-refractivity contribution in [2.24, 2.45) is 0 Å². The predicted octanol–water partition coefficient (Wildman–Crippen LogP) is 5.25. The first kappa shape index (κ1) is 15.5. The van der Waals surface area contributed by atoms with Gasteiger partial charge in [-0.3, -0.25) is 0 Å².